The van der Waals surface area contributed by atoms with Gasteiger partial charge in [0, 0.05) is 0 Å². The fraction of sp³-hybridized carbons (Fsp3) is 0.600. The molecule has 4 heteroatoms. The predicted molar refractivity (Wildman–Crippen MR) is 93.1 cm³/mol. The Bertz CT molecular complexity index is 472. The molecule has 2 aliphatic rings. The zero-order valence-corrected chi connectivity index (χ0v) is 14.6. The number of hydrogen-bond donors (Lipinski definition) is 0. The van der Waals surface area contributed by atoms with E-state index < -0.39 is 0 Å². The molecule has 2 aliphatic carbocycles. The summed E-state index contributed by atoms with van der Waals surface area (Å²) in [6.07, 6.45) is 15.2. The molecule has 0 saturated heterocycles. The van der Waals surface area contributed by atoms with Gasteiger partial charge < -0.3 is 9.47 Å². The van der Waals surface area contributed by atoms with Crippen LogP contribution < -0.4 is 0 Å². The molecule has 0 amide bonds. The molecule has 0 fully saturated rings. The average Bonchev–Trinajstić information content (AvgIpc) is 2.58. The van der Waals surface area contributed by atoms with E-state index >= 15 is 0 Å². The van der Waals surface area contributed by atoms with Crippen molar-refractivity contribution in [2.45, 2.75) is 39.5 Å². The third kappa shape index (κ3) is 5.36. The van der Waals surface area contributed by atoms with Crippen molar-refractivity contribution in [2.24, 2.45) is 23.7 Å². The van der Waals surface area contributed by atoms with Gasteiger partial charge in [-0.2, -0.15) is 0 Å². The lowest BCUT2D eigenvalue weighted by molar-refractivity contribution is -0.150. The molecular formula is C20H28O4. The third-order valence-electron chi connectivity index (χ3n) is 4.92. The lowest BCUT2D eigenvalue weighted by atomic mass is 9.84. The van der Waals surface area contributed by atoms with Crippen molar-refractivity contribution in [1.29, 1.82) is 0 Å². The van der Waals surface area contributed by atoms with Crippen LogP contribution in [0.2, 0.25) is 0 Å². The highest BCUT2D eigenvalue weighted by Crippen LogP contribution is 2.26. The summed E-state index contributed by atoms with van der Waals surface area (Å²) in [6, 6.07) is 0. The maximum atomic E-state index is 12.0. The van der Waals surface area contributed by atoms with Crippen LogP contribution in [0.1, 0.15) is 39.5 Å². The van der Waals surface area contributed by atoms with Gasteiger partial charge in [-0.05, 0) is 49.7 Å². The van der Waals surface area contributed by atoms with Crippen molar-refractivity contribution < 1.29 is 19.1 Å². The summed E-state index contributed by atoms with van der Waals surface area (Å²) < 4.78 is 10.6. The Morgan fingerprint density at radius 3 is 1.54 bits per heavy atom. The van der Waals surface area contributed by atoms with Gasteiger partial charge in [0.1, 0.15) is 13.2 Å². The van der Waals surface area contributed by atoms with Crippen LogP contribution in [-0.4, -0.2) is 25.2 Å². The van der Waals surface area contributed by atoms with Gasteiger partial charge in [0.2, 0.25) is 0 Å². The Hall–Kier alpha value is -1.84. The summed E-state index contributed by atoms with van der Waals surface area (Å²) >= 11 is 0. The second-order valence-electron chi connectivity index (χ2n) is 6.78. The van der Waals surface area contributed by atoms with E-state index in [2.05, 4.69) is 26.0 Å². The molecule has 2 rings (SSSR count). The first-order valence-electron chi connectivity index (χ1n) is 8.88. The third-order valence-corrected chi connectivity index (χ3v) is 4.92. The lowest BCUT2D eigenvalue weighted by Gasteiger charge is -2.23. The summed E-state index contributed by atoms with van der Waals surface area (Å²) in [6.45, 7) is 4.61. The van der Waals surface area contributed by atoms with Crippen molar-refractivity contribution in [2.75, 3.05) is 13.2 Å². The molecule has 0 spiro atoms. The normalized spacial score (nSPS) is 29.6. The number of ether oxygens (including phenoxy) is 2. The number of esters is 2. The highest BCUT2D eigenvalue weighted by Gasteiger charge is 2.27. The molecular weight excluding hydrogens is 304 g/mol. The summed E-state index contributed by atoms with van der Waals surface area (Å²) in [5.41, 5.74) is 0. The van der Waals surface area contributed by atoms with Gasteiger partial charge in [0.15, 0.2) is 0 Å². The van der Waals surface area contributed by atoms with E-state index in [1.165, 1.54) is 0 Å². The molecule has 0 heterocycles. The Morgan fingerprint density at radius 2 is 1.17 bits per heavy atom. The smallest absolute Gasteiger partial charge is 0.309 e. The number of rotatable bonds is 6. The largest absolute Gasteiger partial charge is 0.461 e. The molecule has 0 N–H and O–H groups in total. The maximum absolute atomic E-state index is 12.0. The van der Waals surface area contributed by atoms with Crippen molar-refractivity contribution in [3.05, 3.63) is 36.5 Å². The van der Waals surface area contributed by atoms with E-state index in [0.29, 0.717) is 11.8 Å². The van der Waals surface area contributed by atoms with Crippen molar-refractivity contribution >= 4 is 11.9 Å². The molecule has 0 aromatic carbocycles. The van der Waals surface area contributed by atoms with E-state index in [-0.39, 0.29) is 37.0 Å². The summed E-state index contributed by atoms with van der Waals surface area (Å²) in [5.74, 6) is 0.301. The first-order valence-corrected chi connectivity index (χ1v) is 8.88. The Balaban J connectivity index is 1.62. The first kappa shape index (κ1) is 18.5. The molecule has 132 valence electrons. The molecule has 0 aromatic rings. The van der Waals surface area contributed by atoms with Crippen LogP contribution in [0.4, 0.5) is 0 Å². The molecule has 0 saturated carbocycles. The molecule has 4 nitrogen and oxygen atoms in total. The van der Waals surface area contributed by atoms with E-state index in [1.807, 2.05) is 12.2 Å². The lowest BCUT2D eigenvalue weighted by Crippen LogP contribution is -2.25. The molecule has 0 bridgehead atoms. The van der Waals surface area contributed by atoms with Crippen LogP contribution in [-0.2, 0) is 19.1 Å². The van der Waals surface area contributed by atoms with E-state index in [4.69, 9.17) is 9.47 Å². The molecule has 0 aromatic heterocycles. The molecule has 24 heavy (non-hydrogen) atoms. The number of hydrogen-bond acceptors (Lipinski definition) is 4. The Labute approximate surface area is 144 Å². The van der Waals surface area contributed by atoms with E-state index in [0.717, 1.165) is 25.7 Å². The van der Waals surface area contributed by atoms with Crippen LogP contribution in [0, 0.1) is 23.7 Å². The van der Waals surface area contributed by atoms with Gasteiger partial charge >= 0.3 is 11.9 Å². The number of allylic oxidation sites excluding steroid dienone is 4. The molecule has 0 radical (unpaired) electrons. The van der Waals surface area contributed by atoms with Crippen molar-refractivity contribution in [1.82, 2.24) is 0 Å². The number of carbonyl (C=O) groups is 2. The average molecular weight is 332 g/mol. The van der Waals surface area contributed by atoms with Gasteiger partial charge in [-0.15, -0.1) is 0 Å². The van der Waals surface area contributed by atoms with Crippen LogP contribution in [0.5, 0.6) is 0 Å². The Morgan fingerprint density at radius 1 is 0.792 bits per heavy atom. The molecule has 4 atom stereocenters. The predicted octanol–water partition coefficient (Wildman–Crippen LogP) is 3.83. The van der Waals surface area contributed by atoms with Crippen LogP contribution >= 0.6 is 0 Å². The zero-order valence-electron chi connectivity index (χ0n) is 14.6. The summed E-state index contributed by atoms with van der Waals surface area (Å²) in [7, 11) is 0. The van der Waals surface area contributed by atoms with Crippen molar-refractivity contribution in [3.63, 3.8) is 0 Å². The topological polar surface area (TPSA) is 52.6 Å². The van der Waals surface area contributed by atoms with Gasteiger partial charge in [-0.25, -0.2) is 0 Å². The van der Waals surface area contributed by atoms with Crippen molar-refractivity contribution in [3.8, 4) is 0 Å². The second-order valence-corrected chi connectivity index (χ2v) is 6.78. The van der Waals surface area contributed by atoms with Crippen LogP contribution in [0.25, 0.3) is 0 Å². The van der Waals surface area contributed by atoms with Gasteiger partial charge in [-0.1, -0.05) is 38.2 Å². The van der Waals surface area contributed by atoms with Crippen LogP contribution in [0.15, 0.2) is 36.5 Å². The standard InChI is InChI=1S/C20H28O4/c1-15-9-3-5-11-17(15)19(21)23-13-7-8-14-24-20(22)18-12-6-4-10-16(18)2/h3-8,15-18H,9-14H2,1-2H3/b8-7+. The summed E-state index contributed by atoms with van der Waals surface area (Å²) in [5, 5.41) is 0. The highest BCUT2D eigenvalue weighted by molar-refractivity contribution is 5.73. The monoisotopic (exact) mass is 332 g/mol. The SMILES string of the molecule is CC1CC=CCC1C(=O)OC/C=C/COC(=O)C1CC=CCC1C. The minimum absolute atomic E-state index is 0.0397. The van der Waals surface area contributed by atoms with E-state index in [1.54, 1.807) is 12.2 Å². The zero-order chi connectivity index (χ0) is 17.4. The van der Waals surface area contributed by atoms with Gasteiger partial charge in [0.05, 0.1) is 11.8 Å². The fourth-order valence-corrected chi connectivity index (χ4v) is 3.17. The van der Waals surface area contributed by atoms with Crippen LogP contribution in [0.3, 0.4) is 0 Å². The second kappa shape index (κ2) is 9.45. The van der Waals surface area contributed by atoms with Gasteiger partial charge in [-0.3, -0.25) is 9.59 Å². The quantitative estimate of drug-likeness (QED) is 0.548. The molecule has 4 unspecified atom stereocenters. The summed E-state index contributed by atoms with van der Waals surface area (Å²) in [4.78, 5) is 24.0. The highest BCUT2D eigenvalue weighted by atomic mass is 16.5. The molecule has 0 aliphatic heterocycles. The minimum atomic E-state index is -0.142. The maximum Gasteiger partial charge on any atom is 0.309 e. The van der Waals surface area contributed by atoms with Gasteiger partial charge in [0.25, 0.3) is 0 Å². The number of carbonyl (C=O) groups excluding carboxylic acids is 2. The van der Waals surface area contributed by atoms with E-state index in [9.17, 15) is 9.59 Å². The minimum Gasteiger partial charge on any atom is -0.461 e. The fourth-order valence-electron chi connectivity index (χ4n) is 3.17. The first-order chi connectivity index (χ1) is 11.6. The Kier molecular flexibility index (Phi) is 7.29.